The molecule has 0 fully saturated rings. The van der Waals surface area contributed by atoms with Gasteiger partial charge in [0.05, 0.1) is 11.9 Å². The quantitative estimate of drug-likeness (QED) is 0.749. The summed E-state index contributed by atoms with van der Waals surface area (Å²) in [5.74, 6) is 0. The zero-order valence-corrected chi connectivity index (χ0v) is 10.5. The van der Waals surface area contributed by atoms with Crippen LogP contribution >= 0.6 is 0 Å². The molecule has 0 unspecified atom stereocenters. The van der Waals surface area contributed by atoms with Crippen LogP contribution < -0.4 is 5.73 Å². The van der Waals surface area contributed by atoms with E-state index in [1.807, 2.05) is 18.2 Å². The summed E-state index contributed by atoms with van der Waals surface area (Å²) >= 11 is 0. The molecule has 0 radical (unpaired) electrons. The predicted molar refractivity (Wildman–Crippen MR) is 77.4 cm³/mol. The van der Waals surface area contributed by atoms with E-state index in [0.717, 1.165) is 16.8 Å². The van der Waals surface area contributed by atoms with Gasteiger partial charge < -0.3 is 5.73 Å². The summed E-state index contributed by atoms with van der Waals surface area (Å²) in [6.07, 6.45) is 1.78. The number of nitrogens with one attached hydrogen (secondary N) is 1. The van der Waals surface area contributed by atoms with Crippen molar-refractivity contribution in [3.63, 3.8) is 0 Å². The van der Waals surface area contributed by atoms with E-state index in [4.69, 9.17) is 5.73 Å². The average Bonchev–Trinajstić information content (AvgIpc) is 2.97. The van der Waals surface area contributed by atoms with Crippen molar-refractivity contribution >= 4 is 0 Å². The van der Waals surface area contributed by atoms with E-state index in [-0.39, 0.29) is 0 Å². The molecule has 94 valence electrons. The molecule has 3 aromatic rings. The van der Waals surface area contributed by atoms with Crippen molar-refractivity contribution in [2.75, 3.05) is 0 Å². The summed E-state index contributed by atoms with van der Waals surface area (Å²) in [5, 5.41) is 7.05. The first-order chi connectivity index (χ1) is 9.38. The molecule has 3 heteroatoms. The Morgan fingerprint density at radius 2 is 1.47 bits per heavy atom. The van der Waals surface area contributed by atoms with Gasteiger partial charge in [0.25, 0.3) is 0 Å². The van der Waals surface area contributed by atoms with Crippen LogP contribution in [0.5, 0.6) is 0 Å². The highest BCUT2D eigenvalue weighted by Crippen LogP contribution is 2.25. The second kappa shape index (κ2) is 5.08. The predicted octanol–water partition coefficient (Wildman–Crippen LogP) is 3.20. The lowest BCUT2D eigenvalue weighted by molar-refractivity contribution is 1.08. The molecule has 1 aromatic heterocycles. The van der Waals surface area contributed by atoms with Crippen molar-refractivity contribution in [3.05, 3.63) is 66.4 Å². The van der Waals surface area contributed by atoms with Gasteiger partial charge >= 0.3 is 0 Å². The molecule has 19 heavy (non-hydrogen) atoms. The molecule has 0 bridgehead atoms. The summed E-state index contributed by atoms with van der Waals surface area (Å²) < 4.78 is 0. The van der Waals surface area contributed by atoms with Crippen LogP contribution in [0.25, 0.3) is 22.4 Å². The highest BCUT2D eigenvalue weighted by molar-refractivity contribution is 5.69. The minimum atomic E-state index is 0.492. The lowest BCUT2D eigenvalue weighted by Crippen LogP contribution is -1.96. The number of H-pyrrole nitrogens is 1. The third-order valence-electron chi connectivity index (χ3n) is 3.22. The average molecular weight is 249 g/mol. The summed E-state index contributed by atoms with van der Waals surface area (Å²) in [4.78, 5) is 0. The van der Waals surface area contributed by atoms with Crippen LogP contribution in [0, 0.1) is 0 Å². The molecule has 0 aliphatic heterocycles. The van der Waals surface area contributed by atoms with E-state index in [0.29, 0.717) is 6.54 Å². The van der Waals surface area contributed by atoms with Crippen LogP contribution in [0.4, 0.5) is 0 Å². The molecular formula is C16H15N3. The molecule has 3 rings (SSSR count). The van der Waals surface area contributed by atoms with Gasteiger partial charge in [-0.25, -0.2) is 0 Å². The normalized spacial score (nSPS) is 10.6. The second-order valence-electron chi connectivity index (χ2n) is 4.42. The molecule has 2 aromatic carbocycles. The second-order valence-corrected chi connectivity index (χ2v) is 4.42. The molecule has 0 atom stereocenters. The lowest BCUT2D eigenvalue weighted by Gasteiger charge is -2.04. The maximum absolute atomic E-state index is 5.69. The molecular weight excluding hydrogens is 234 g/mol. The van der Waals surface area contributed by atoms with Gasteiger partial charge in [-0.2, -0.15) is 5.10 Å². The Balaban J connectivity index is 1.96. The van der Waals surface area contributed by atoms with Crippen LogP contribution in [0.1, 0.15) is 5.56 Å². The number of nitrogens with two attached hydrogens (primary N) is 1. The summed E-state index contributed by atoms with van der Waals surface area (Å²) in [5.41, 5.74) is 11.3. The maximum atomic E-state index is 5.69. The number of rotatable bonds is 3. The largest absolute Gasteiger partial charge is 0.326 e. The molecule has 0 spiro atoms. The van der Waals surface area contributed by atoms with Crippen molar-refractivity contribution < 1.29 is 0 Å². The van der Waals surface area contributed by atoms with E-state index in [1.54, 1.807) is 6.20 Å². The molecule has 0 amide bonds. The summed E-state index contributed by atoms with van der Waals surface area (Å²) in [6, 6.07) is 18.7. The highest BCUT2D eigenvalue weighted by Gasteiger charge is 2.06. The minimum absolute atomic E-state index is 0.492. The number of hydrogen-bond donors (Lipinski definition) is 2. The zero-order chi connectivity index (χ0) is 13.1. The van der Waals surface area contributed by atoms with Gasteiger partial charge in [0.2, 0.25) is 0 Å². The molecule has 0 aliphatic carbocycles. The number of aromatic amines is 1. The first-order valence-electron chi connectivity index (χ1n) is 6.26. The Morgan fingerprint density at radius 1 is 0.842 bits per heavy atom. The molecule has 1 heterocycles. The van der Waals surface area contributed by atoms with Crippen molar-refractivity contribution in [1.29, 1.82) is 0 Å². The fourth-order valence-corrected chi connectivity index (χ4v) is 2.18. The van der Waals surface area contributed by atoms with Gasteiger partial charge in [0.1, 0.15) is 0 Å². The van der Waals surface area contributed by atoms with Crippen molar-refractivity contribution in [2.24, 2.45) is 5.73 Å². The first kappa shape index (κ1) is 11.7. The van der Waals surface area contributed by atoms with Crippen molar-refractivity contribution in [1.82, 2.24) is 10.2 Å². The van der Waals surface area contributed by atoms with Gasteiger partial charge in [-0.15, -0.1) is 0 Å². The fraction of sp³-hybridized carbons (Fsp3) is 0.0625. The van der Waals surface area contributed by atoms with E-state index in [9.17, 15) is 0 Å². The Morgan fingerprint density at radius 3 is 2.16 bits per heavy atom. The van der Waals surface area contributed by atoms with Crippen molar-refractivity contribution in [2.45, 2.75) is 6.54 Å². The summed E-state index contributed by atoms with van der Waals surface area (Å²) in [7, 11) is 0. The van der Waals surface area contributed by atoms with Gasteiger partial charge in [-0.3, -0.25) is 5.10 Å². The standard InChI is InChI=1S/C16H15N3/c17-10-15-11-18-19-16(15)14-8-6-13(7-9-14)12-4-2-1-3-5-12/h1-9,11H,10,17H2,(H,18,19). The van der Waals surface area contributed by atoms with Crippen LogP contribution in [0.3, 0.4) is 0 Å². The monoisotopic (exact) mass is 249 g/mol. The Bertz CT molecular complexity index is 654. The number of benzene rings is 2. The van der Waals surface area contributed by atoms with Gasteiger partial charge in [0.15, 0.2) is 0 Å². The first-order valence-corrected chi connectivity index (χ1v) is 6.26. The third kappa shape index (κ3) is 2.28. The molecule has 0 saturated heterocycles. The Hall–Kier alpha value is -2.39. The molecule has 3 N–H and O–H groups in total. The van der Waals surface area contributed by atoms with Crippen LogP contribution in [-0.2, 0) is 6.54 Å². The fourth-order valence-electron chi connectivity index (χ4n) is 2.18. The van der Waals surface area contributed by atoms with E-state index in [2.05, 4.69) is 46.6 Å². The third-order valence-corrected chi connectivity index (χ3v) is 3.22. The van der Waals surface area contributed by atoms with E-state index in [1.165, 1.54) is 11.1 Å². The van der Waals surface area contributed by atoms with Crippen LogP contribution in [0.2, 0.25) is 0 Å². The number of nitrogens with zero attached hydrogens (tertiary/aromatic N) is 1. The van der Waals surface area contributed by atoms with E-state index >= 15 is 0 Å². The minimum Gasteiger partial charge on any atom is -0.326 e. The SMILES string of the molecule is NCc1cn[nH]c1-c1ccc(-c2ccccc2)cc1. The number of hydrogen-bond acceptors (Lipinski definition) is 2. The van der Waals surface area contributed by atoms with Crippen molar-refractivity contribution in [3.8, 4) is 22.4 Å². The topological polar surface area (TPSA) is 54.7 Å². The molecule has 0 aliphatic rings. The molecule has 0 saturated carbocycles. The lowest BCUT2D eigenvalue weighted by atomic mass is 10.0. The molecule has 3 nitrogen and oxygen atoms in total. The van der Waals surface area contributed by atoms with E-state index < -0.39 is 0 Å². The van der Waals surface area contributed by atoms with Gasteiger partial charge in [-0.05, 0) is 16.7 Å². The number of aromatic nitrogens is 2. The summed E-state index contributed by atoms with van der Waals surface area (Å²) in [6.45, 7) is 0.492. The zero-order valence-electron chi connectivity index (χ0n) is 10.5. The van der Waals surface area contributed by atoms with Gasteiger partial charge in [-0.1, -0.05) is 54.6 Å². The van der Waals surface area contributed by atoms with Crippen LogP contribution in [-0.4, -0.2) is 10.2 Å². The van der Waals surface area contributed by atoms with Gasteiger partial charge in [0, 0.05) is 12.1 Å². The highest BCUT2D eigenvalue weighted by atomic mass is 15.1. The smallest absolute Gasteiger partial charge is 0.0695 e. The maximum Gasteiger partial charge on any atom is 0.0695 e. The Kier molecular flexibility index (Phi) is 3.12. The Labute approximate surface area is 112 Å². The van der Waals surface area contributed by atoms with Crippen LogP contribution in [0.15, 0.2) is 60.8 Å².